The second kappa shape index (κ2) is 7.97. The van der Waals surface area contributed by atoms with Crippen molar-refractivity contribution in [2.45, 2.75) is 26.3 Å². The minimum absolute atomic E-state index is 0.0299. The molecule has 2 aromatic carbocycles. The van der Waals surface area contributed by atoms with Gasteiger partial charge in [-0.25, -0.2) is 4.39 Å². The predicted octanol–water partition coefficient (Wildman–Crippen LogP) is 3.91. The average molecular weight is 336 g/mol. The Morgan fingerprint density at radius 1 is 1.26 bits per heavy atom. The Morgan fingerprint density at radius 3 is 2.61 bits per heavy atom. The van der Waals surface area contributed by atoms with Gasteiger partial charge < -0.3 is 10.1 Å². The first-order valence-electron chi connectivity index (χ1n) is 7.37. The molecular weight excluding hydrogens is 317 g/mol. The molecule has 0 saturated heterocycles. The van der Waals surface area contributed by atoms with Crippen LogP contribution in [0.2, 0.25) is 5.02 Å². The molecule has 23 heavy (non-hydrogen) atoms. The van der Waals surface area contributed by atoms with Gasteiger partial charge in [-0.05, 0) is 43.7 Å². The van der Waals surface area contributed by atoms with Gasteiger partial charge in [0.05, 0.1) is 12.5 Å². The van der Waals surface area contributed by atoms with E-state index in [1.54, 1.807) is 6.07 Å². The van der Waals surface area contributed by atoms with Crippen molar-refractivity contribution in [3.8, 4) is 5.75 Å². The van der Waals surface area contributed by atoms with Gasteiger partial charge in [0.1, 0.15) is 18.2 Å². The summed E-state index contributed by atoms with van der Waals surface area (Å²) in [6.07, 6.45) is -0.0299. The highest BCUT2D eigenvalue weighted by atomic mass is 35.5. The smallest absolute Gasteiger partial charge is 0.224 e. The van der Waals surface area contributed by atoms with E-state index in [4.69, 9.17) is 16.3 Å². The van der Waals surface area contributed by atoms with E-state index in [0.29, 0.717) is 17.2 Å². The first-order valence-corrected chi connectivity index (χ1v) is 7.74. The summed E-state index contributed by atoms with van der Waals surface area (Å²) >= 11 is 5.69. The second-order valence-electron chi connectivity index (χ2n) is 5.51. The van der Waals surface area contributed by atoms with Crippen LogP contribution in [0.3, 0.4) is 0 Å². The number of benzene rings is 2. The zero-order valence-corrected chi connectivity index (χ0v) is 13.9. The number of carbonyl (C=O) groups excluding carboxylic acids is 1. The van der Waals surface area contributed by atoms with Crippen molar-refractivity contribution in [2.75, 3.05) is 6.61 Å². The molecule has 5 heteroatoms. The molecule has 0 spiro atoms. The van der Waals surface area contributed by atoms with Crippen molar-refractivity contribution in [1.29, 1.82) is 0 Å². The highest BCUT2D eigenvalue weighted by Gasteiger charge is 2.12. The third-order valence-corrected chi connectivity index (χ3v) is 3.53. The van der Waals surface area contributed by atoms with E-state index in [1.165, 1.54) is 12.1 Å². The average Bonchev–Trinajstić information content (AvgIpc) is 2.49. The fourth-order valence-electron chi connectivity index (χ4n) is 2.06. The van der Waals surface area contributed by atoms with Crippen LogP contribution < -0.4 is 10.1 Å². The number of hydrogen-bond donors (Lipinski definition) is 1. The topological polar surface area (TPSA) is 38.3 Å². The van der Waals surface area contributed by atoms with Gasteiger partial charge in [0.15, 0.2) is 0 Å². The van der Waals surface area contributed by atoms with Gasteiger partial charge in [-0.15, -0.1) is 0 Å². The summed E-state index contributed by atoms with van der Waals surface area (Å²) in [7, 11) is 0. The van der Waals surface area contributed by atoms with E-state index < -0.39 is 5.82 Å². The quantitative estimate of drug-likeness (QED) is 0.869. The Bertz CT molecular complexity index is 673. The Labute approximate surface area is 140 Å². The molecule has 2 aromatic rings. The number of hydrogen-bond acceptors (Lipinski definition) is 2. The lowest BCUT2D eigenvalue weighted by molar-refractivity contribution is -0.121. The minimum atomic E-state index is -0.476. The molecule has 0 fully saturated rings. The van der Waals surface area contributed by atoms with Crippen molar-refractivity contribution in [1.82, 2.24) is 5.32 Å². The fraction of sp³-hybridized carbons (Fsp3) is 0.278. The molecular formula is C18H19ClFNO2. The molecule has 0 saturated carbocycles. The van der Waals surface area contributed by atoms with Gasteiger partial charge >= 0.3 is 0 Å². The van der Waals surface area contributed by atoms with Crippen LogP contribution in [0.5, 0.6) is 5.75 Å². The van der Waals surface area contributed by atoms with Crippen LogP contribution in [0.4, 0.5) is 4.39 Å². The molecule has 2 rings (SSSR count). The molecule has 3 nitrogen and oxygen atoms in total. The van der Waals surface area contributed by atoms with Crippen molar-refractivity contribution >= 4 is 17.5 Å². The molecule has 0 unspecified atom stereocenters. The standard InChI is InChI=1S/C18H19ClFNO2/c1-12-3-7-16(8-4-12)23-11-13(2)21-18(22)9-14-5-6-15(19)10-17(14)20/h3-8,10,13H,9,11H2,1-2H3,(H,21,22)/t13-/m0/s1. The molecule has 122 valence electrons. The zero-order valence-electron chi connectivity index (χ0n) is 13.1. The first kappa shape index (κ1) is 17.3. The highest BCUT2D eigenvalue weighted by Crippen LogP contribution is 2.15. The van der Waals surface area contributed by atoms with Gasteiger partial charge in [-0.3, -0.25) is 4.79 Å². The van der Waals surface area contributed by atoms with E-state index in [1.807, 2.05) is 38.1 Å². The summed E-state index contributed by atoms with van der Waals surface area (Å²) in [6.45, 7) is 4.19. The van der Waals surface area contributed by atoms with E-state index in [0.717, 1.165) is 11.3 Å². The van der Waals surface area contributed by atoms with Crippen LogP contribution in [0.1, 0.15) is 18.1 Å². The van der Waals surface area contributed by atoms with Crippen molar-refractivity contribution < 1.29 is 13.9 Å². The summed E-state index contributed by atoms with van der Waals surface area (Å²) in [4.78, 5) is 11.9. The molecule has 1 amide bonds. The van der Waals surface area contributed by atoms with Crippen molar-refractivity contribution in [3.05, 3.63) is 64.4 Å². The molecule has 0 aliphatic heterocycles. The number of carbonyl (C=O) groups is 1. The molecule has 0 radical (unpaired) electrons. The molecule has 0 aromatic heterocycles. The molecule has 0 bridgehead atoms. The summed E-state index contributed by atoms with van der Waals surface area (Å²) in [5.41, 5.74) is 1.47. The Balaban J connectivity index is 1.81. The molecule has 0 heterocycles. The maximum atomic E-state index is 13.7. The van der Waals surface area contributed by atoms with Crippen molar-refractivity contribution in [3.63, 3.8) is 0 Å². The summed E-state index contributed by atoms with van der Waals surface area (Å²) in [6, 6.07) is 11.8. The number of halogens is 2. The van der Waals surface area contributed by atoms with E-state index in [9.17, 15) is 9.18 Å². The maximum Gasteiger partial charge on any atom is 0.224 e. The largest absolute Gasteiger partial charge is 0.491 e. The second-order valence-corrected chi connectivity index (χ2v) is 5.94. The van der Waals surface area contributed by atoms with Gasteiger partial charge in [-0.1, -0.05) is 35.4 Å². The minimum Gasteiger partial charge on any atom is -0.491 e. The lowest BCUT2D eigenvalue weighted by Crippen LogP contribution is -2.37. The number of aryl methyl sites for hydroxylation is 1. The van der Waals surface area contributed by atoms with Crippen LogP contribution in [-0.4, -0.2) is 18.6 Å². The lowest BCUT2D eigenvalue weighted by Gasteiger charge is -2.15. The van der Waals surface area contributed by atoms with Crippen LogP contribution >= 0.6 is 11.6 Å². The van der Waals surface area contributed by atoms with Gasteiger partial charge in [0.2, 0.25) is 5.91 Å². The zero-order chi connectivity index (χ0) is 16.8. The summed E-state index contributed by atoms with van der Waals surface area (Å²) in [5, 5.41) is 3.10. The molecule has 0 aliphatic carbocycles. The fourth-order valence-corrected chi connectivity index (χ4v) is 2.22. The number of ether oxygens (including phenoxy) is 1. The van der Waals surface area contributed by atoms with Gasteiger partial charge in [-0.2, -0.15) is 0 Å². The van der Waals surface area contributed by atoms with Crippen LogP contribution in [0.15, 0.2) is 42.5 Å². The summed E-state index contributed by atoms with van der Waals surface area (Å²) in [5.74, 6) is 0.0166. The van der Waals surface area contributed by atoms with Crippen molar-refractivity contribution in [2.24, 2.45) is 0 Å². The number of nitrogens with one attached hydrogen (secondary N) is 1. The van der Waals surface area contributed by atoms with Gasteiger partial charge in [0, 0.05) is 5.02 Å². The summed E-state index contributed by atoms with van der Waals surface area (Å²) < 4.78 is 19.3. The Hall–Kier alpha value is -2.07. The van der Waals surface area contributed by atoms with E-state index in [-0.39, 0.29) is 18.4 Å². The SMILES string of the molecule is Cc1ccc(OC[C@H](C)NC(=O)Cc2ccc(Cl)cc2F)cc1. The van der Waals surface area contributed by atoms with Crippen LogP contribution in [0.25, 0.3) is 0 Å². The first-order chi connectivity index (χ1) is 10.9. The predicted molar refractivity (Wildman–Crippen MR) is 89.4 cm³/mol. The molecule has 0 aliphatic rings. The monoisotopic (exact) mass is 335 g/mol. The van der Waals surface area contributed by atoms with E-state index in [2.05, 4.69) is 5.32 Å². The third-order valence-electron chi connectivity index (χ3n) is 3.29. The third kappa shape index (κ3) is 5.57. The number of rotatable bonds is 6. The molecule has 1 N–H and O–H groups in total. The van der Waals surface area contributed by atoms with Gasteiger partial charge in [0.25, 0.3) is 0 Å². The van der Waals surface area contributed by atoms with Crippen LogP contribution in [0, 0.1) is 12.7 Å². The lowest BCUT2D eigenvalue weighted by atomic mass is 10.1. The van der Waals surface area contributed by atoms with E-state index >= 15 is 0 Å². The highest BCUT2D eigenvalue weighted by molar-refractivity contribution is 6.30. The molecule has 1 atom stereocenters. The Morgan fingerprint density at radius 2 is 1.96 bits per heavy atom. The Kier molecular flexibility index (Phi) is 5.99. The number of amides is 1. The normalized spacial score (nSPS) is 11.8. The van der Waals surface area contributed by atoms with Crippen LogP contribution in [-0.2, 0) is 11.2 Å². The maximum absolute atomic E-state index is 13.7.